The Morgan fingerprint density at radius 2 is 2.11 bits per heavy atom. The Hall–Kier alpha value is -0.740. The highest BCUT2D eigenvalue weighted by Crippen LogP contribution is 2.36. The SMILES string of the molecule is COc1cc(CN2CCC(C)C(C)C2)cc(Br)c1O. The zero-order valence-electron chi connectivity index (χ0n) is 11.8. The van der Waals surface area contributed by atoms with E-state index in [-0.39, 0.29) is 5.75 Å². The standard InChI is InChI=1S/C15H22BrNO2/c1-10-4-5-17(8-11(10)2)9-12-6-13(16)15(18)14(7-12)19-3/h6-7,10-11,18H,4-5,8-9H2,1-3H3. The second-order valence-electron chi connectivity index (χ2n) is 5.61. The summed E-state index contributed by atoms with van der Waals surface area (Å²) < 4.78 is 5.89. The zero-order chi connectivity index (χ0) is 14.0. The normalized spacial score (nSPS) is 24.4. The number of halogens is 1. The van der Waals surface area contributed by atoms with E-state index in [0.717, 1.165) is 31.5 Å². The lowest BCUT2D eigenvalue weighted by Crippen LogP contribution is -2.37. The van der Waals surface area contributed by atoms with Crippen molar-refractivity contribution in [3.63, 3.8) is 0 Å². The Labute approximate surface area is 123 Å². The van der Waals surface area contributed by atoms with Gasteiger partial charge in [-0.25, -0.2) is 0 Å². The van der Waals surface area contributed by atoms with Gasteiger partial charge in [-0.15, -0.1) is 0 Å². The largest absolute Gasteiger partial charge is 0.503 e. The molecule has 106 valence electrons. The maximum absolute atomic E-state index is 9.82. The number of hydrogen-bond acceptors (Lipinski definition) is 3. The van der Waals surface area contributed by atoms with E-state index in [1.54, 1.807) is 7.11 Å². The first kappa shape index (κ1) is 14.7. The summed E-state index contributed by atoms with van der Waals surface area (Å²) in [5.74, 6) is 2.27. The van der Waals surface area contributed by atoms with Crippen LogP contribution in [0.15, 0.2) is 16.6 Å². The van der Waals surface area contributed by atoms with Crippen LogP contribution >= 0.6 is 15.9 Å². The second-order valence-corrected chi connectivity index (χ2v) is 6.46. The molecule has 0 aliphatic carbocycles. The van der Waals surface area contributed by atoms with E-state index in [1.807, 2.05) is 12.1 Å². The number of phenolic OH excluding ortho intramolecular Hbond substituents is 1. The topological polar surface area (TPSA) is 32.7 Å². The molecule has 1 N–H and O–H groups in total. The van der Waals surface area contributed by atoms with E-state index in [1.165, 1.54) is 12.0 Å². The molecule has 0 aromatic heterocycles. The Bertz CT molecular complexity index is 450. The first-order valence-electron chi connectivity index (χ1n) is 6.79. The molecule has 0 radical (unpaired) electrons. The van der Waals surface area contributed by atoms with Crippen LogP contribution in [0, 0.1) is 11.8 Å². The molecule has 19 heavy (non-hydrogen) atoms. The number of likely N-dealkylation sites (tertiary alicyclic amines) is 1. The van der Waals surface area contributed by atoms with Crippen molar-refractivity contribution in [2.45, 2.75) is 26.8 Å². The molecule has 1 heterocycles. The monoisotopic (exact) mass is 327 g/mol. The molecule has 1 aliphatic heterocycles. The van der Waals surface area contributed by atoms with Crippen molar-refractivity contribution in [1.29, 1.82) is 0 Å². The van der Waals surface area contributed by atoms with Gasteiger partial charge in [0.25, 0.3) is 0 Å². The summed E-state index contributed by atoms with van der Waals surface area (Å²) in [4.78, 5) is 2.48. The minimum atomic E-state index is 0.173. The van der Waals surface area contributed by atoms with Crippen molar-refractivity contribution < 1.29 is 9.84 Å². The van der Waals surface area contributed by atoms with Crippen LogP contribution in [0.5, 0.6) is 11.5 Å². The van der Waals surface area contributed by atoms with Gasteiger partial charge in [0, 0.05) is 13.1 Å². The van der Waals surface area contributed by atoms with Crippen LogP contribution in [0.3, 0.4) is 0 Å². The summed E-state index contributed by atoms with van der Waals surface area (Å²) in [5, 5.41) is 9.82. The van der Waals surface area contributed by atoms with Crippen molar-refractivity contribution in [2.75, 3.05) is 20.2 Å². The number of aromatic hydroxyl groups is 1. The van der Waals surface area contributed by atoms with Gasteiger partial charge in [0.2, 0.25) is 0 Å². The second kappa shape index (κ2) is 6.14. The van der Waals surface area contributed by atoms with Crippen LogP contribution in [-0.2, 0) is 6.54 Å². The smallest absolute Gasteiger partial charge is 0.172 e. The maximum Gasteiger partial charge on any atom is 0.172 e. The molecule has 0 spiro atoms. The molecule has 1 aliphatic rings. The van der Waals surface area contributed by atoms with Gasteiger partial charge in [0.05, 0.1) is 11.6 Å². The number of phenols is 1. The van der Waals surface area contributed by atoms with Gasteiger partial charge in [-0.2, -0.15) is 0 Å². The highest BCUT2D eigenvalue weighted by atomic mass is 79.9. The Morgan fingerprint density at radius 1 is 1.37 bits per heavy atom. The fraction of sp³-hybridized carbons (Fsp3) is 0.600. The minimum absolute atomic E-state index is 0.173. The molecule has 1 fully saturated rings. The zero-order valence-corrected chi connectivity index (χ0v) is 13.4. The van der Waals surface area contributed by atoms with Gasteiger partial charge in [0.15, 0.2) is 11.5 Å². The third-order valence-electron chi connectivity index (χ3n) is 4.13. The van der Waals surface area contributed by atoms with Crippen molar-refractivity contribution in [3.05, 3.63) is 22.2 Å². The lowest BCUT2D eigenvalue weighted by atomic mass is 9.88. The number of piperidine rings is 1. The molecular formula is C15H22BrNO2. The summed E-state index contributed by atoms with van der Waals surface area (Å²) >= 11 is 3.38. The first-order chi connectivity index (χ1) is 9.01. The molecule has 0 amide bonds. The lowest BCUT2D eigenvalue weighted by Gasteiger charge is -2.35. The first-order valence-corrected chi connectivity index (χ1v) is 7.58. The third kappa shape index (κ3) is 3.42. The molecular weight excluding hydrogens is 306 g/mol. The number of rotatable bonds is 3. The number of nitrogens with zero attached hydrogens (tertiary/aromatic N) is 1. The summed E-state index contributed by atoms with van der Waals surface area (Å²) in [7, 11) is 1.58. The van der Waals surface area contributed by atoms with E-state index in [2.05, 4.69) is 34.7 Å². The number of benzene rings is 1. The fourth-order valence-electron chi connectivity index (χ4n) is 2.63. The molecule has 0 saturated carbocycles. The van der Waals surface area contributed by atoms with Crippen molar-refractivity contribution in [2.24, 2.45) is 11.8 Å². The van der Waals surface area contributed by atoms with E-state index in [9.17, 15) is 5.11 Å². The quantitative estimate of drug-likeness (QED) is 0.919. The van der Waals surface area contributed by atoms with Gasteiger partial charge in [0.1, 0.15) is 0 Å². The van der Waals surface area contributed by atoms with Gasteiger partial charge < -0.3 is 9.84 Å². The highest BCUT2D eigenvalue weighted by molar-refractivity contribution is 9.10. The lowest BCUT2D eigenvalue weighted by molar-refractivity contribution is 0.132. The van der Waals surface area contributed by atoms with E-state index >= 15 is 0 Å². The van der Waals surface area contributed by atoms with Crippen molar-refractivity contribution in [1.82, 2.24) is 4.90 Å². The van der Waals surface area contributed by atoms with Gasteiger partial charge in [-0.05, 0) is 58.4 Å². The Kier molecular flexibility index (Phi) is 4.74. The summed E-state index contributed by atoms with van der Waals surface area (Å²) in [6, 6.07) is 3.89. The fourth-order valence-corrected chi connectivity index (χ4v) is 3.11. The average Bonchev–Trinajstić information content (AvgIpc) is 2.38. The van der Waals surface area contributed by atoms with E-state index < -0.39 is 0 Å². The van der Waals surface area contributed by atoms with Crippen LogP contribution in [-0.4, -0.2) is 30.2 Å². The summed E-state index contributed by atoms with van der Waals surface area (Å²) in [6.07, 6.45) is 1.26. The highest BCUT2D eigenvalue weighted by Gasteiger charge is 2.23. The van der Waals surface area contributed by atoms with Gasteiger partial charge in [-0.1, -0.05) is 13.8 Å². The van der Waals surface area contributed by atoms with E-state index in [4.69, 9.17) is 4.74 Å². The van der Waals surface area contributed by atoms with Crippen LogP contribution in [0.1, 0.15) is 25.8 Å². The minimum Gasteiger partial charge on any atom is -0.503 e. The van der Waals surface area contributed by atoms with Crippen molar-refractivity contribution in [3.8, 4) is 11.5 Å². The average molecular weight is 328 g/mol. The summed E-state index contributed by atoms with van der Waals surface area (Å²) in [5.41, 5.74) is 1.17. The van der Waals surface area contributed by atoms with Crippen LogP contribution in [0.2, 0.25) is 0 Å². The molecule has 1 aromatic carbocycles. The predicted octanol–water partition coefficient (Wildman–Crippen LogP) is 3.64. The molecule has 3 nitrogen and oxygen atoms in total. The van der Waals surface area contributed by atoms with Gasteiger partial charge in [-0.3, -0.25) is 4.90 Å². The van der Waals surface area contributed by atoms with Gasteiger partial charge >= 0.3 is 0 Å². The van der Waals surface area contributed by atoms with E-state index in [0.29, 0.717) is 10.2 Å². The van der Waals surface area contributed by atoms with Crippen LogP contribution in [0.4, 0.5) is 0 Å². The molecule has 1 aromatic rings. The van der Waals surface area contributed by atoms with Crippen LogP contribution < -0.4 is 4.74 Å². The third-order valence-corrected chi connectivity index (χ3v) is 4.74. The molecule has 2 rings (SSSR count). The molecule has 4 heteroatoms. The van der Waals surface area contributed by atoms with Crippen molar-refractivity contribution >= 4 is 15.9 Å². The Balaban J connectivity index is 2.09. The predicted molar refractivity (Wildman–Crippen MR) is 80.6 cm³/mol. The molecule has 2 unspecified atom stereocenters. The number of hydrogen-bond donors (Lipinski definition) is 1. The summed E-state index contributed by atoms with van der Waals surface area (Å²) in [6.45, 7) is 7.85. The molecule has 1 saturated heterocycles. The number of ether oxygens (including phenoxy) is 1. The number of methoxy groups -OCH3 is 1. The Morgan fingerprint density at radius 3 is 2.74 bits per heavy atom. The van der Waals surface area contributed by atoms with Crippen LogP contribution in [0.25, 0.3) is 0 Å². The molecule has 2 atom stereocenters. The molecule has 0 bridgehead atoms. The maximum atomic E-state index is 9.82.